The summed E-state index contributed by atoms with van der Waals surface area (Å²) in [5.74, 6) is -0.212. The highest BCUT2D eigenvalue weighted by Gasteiger charge is 2.13. The summed E-state index contributed by atoms with van der Waals surface area (Å²) in [6.45, 7) is 0. The number of primary amides is 1. The summed E-state index contributed by atoms with van der Waals surface area (Å²) >= 11 is 9.91. The van der Waals surface area contributed by atoms with Crippen molar-refractivity contribution in [1.82, 2.24) is 0 Å². The molecule has 0 spiro atoms. The van der Waals surface area contributed by atoms with E-state index in [1.807, 2.05) is 24.3 Å². The molecule has 0 bridgehead atoms. The second-order valence-electron chi connectivity index (χ2n) is 4.99. The Morgan fingerprint density at radius 3 is 2.71 bits per heavy atom. The van der Waals surface area contributed by atoms with Crippen LogP contribution < -0.4 is 10.5 Å². The number of methoxy groups -OCH3 is 1. The van der Waals surface area contributed by atoms with Gasteiger partial charge in [0.1, 0.15) is 17.4 Å². The highest BCUT2D eigenvalue weighted by Crippen LogP contribution is 2.33. The summed E-state index contributed by atoms with van der Waals surface area (Å²) in [4.78, 5) is 11.2. The van der Waals surface area contributed by atoms with E-state index < -0.39 is 5.91 Å². The van der Waals surface area contributed by atoms with Gasteiger partial charge in [0.15, 0.2) is 0 Å². The largest absolute Gasteiger partial charge is 0.496 e. The van der Waals surface area contributed by atoms with Crippen LogP contribution in [0, 0.1) is 11.3 Å². The lowest BCUT2D eigenvalue weighted by Crippen LogP contribution is -2.12. The molecule has 0 aliphatic rings. The molecule has 4 nitrogen and oxygen atoms in total. The first-order valence-electron chi connectivity index (χ1n) is 6.97. The maximum Gasteiger partial charge on any atom is 0.259 e. The Morgan fingerprint density at radius 1 is 1.42 bits per heavy atom. The molecule has 0 aliphatic carbocycles. The number of nitriles is 1. The Balaban J connectivity index is 2.47. The normalized spacial score (nSPS) is 11.0. The minimum Gasteiger partial charge on any atom is -0.496 e. The van der Waals surface area contributed by atoms with Gasteiger partial charge in [0.2, 0.25) is 0 Å². The van der Waals surface area contributed by atoms with Crippen molar-refractivity contribution in [1.29, 1.82) is 5.26 Å². The van der Waals surface area contributed by atoms with Crippen molar-refractivity contribution in [2.24, 2.45) is 5.73 Å². The fourth-order valence-electron chi connectivity index (χ4n) is 2.23. The number of nitrogens with two attached hydrogens (primary N) is 1. The molecule has 0 saturated heterocycles. The second kappa shape index (κ2) is 8.00. The van der Waals surface area contributed by atoms with Crippen LogP contribution in [0.5, 0.6) is 5.75 Å². The van der Waals surface area contributed by atoms with E-state index >= 15 is 0 Å². The first-order chi connectivity index (χ1) is 11.5. The molecule has 122 valence electrons. The number of carbonyl (C=O) groups excluding carboxylic acids is 1. The molecule has 0 heterocycles. The van der Waals surface area contributed by atoms with Crippen LogP contribution in [0.1, 0.15) is 16.7 Å². The Hall–Kier alpha value is -2.29. The number of hydrogen-bond donors (Lipinski definition) is 1. The van der Waals surface area contributed by atoms with E-state index in [2.05, 4.69) is 15.9 Å². The van der Waals surface area contributed by atoms with Crippen LogP contribution in [-0.2, 0) is 11.2 Å². The van der Waals surface area contributed by atoms with Gasteiger partial charge in [-0.3, -0.25) is 4.79 Å². The molecule has 0 unspecified atom stereocenters. The molecule has 6 heteroatoms. The van der Waals surface area contributed by atoms with Gasteiger partial charge in [-0.05, 0) is 35.4 Å². The number of rotatable bonds is 5. The molecule has 2 aromatic rings. The molecular weight excluding hydrogens is 392 g/mol. The van der Waals surface area contributed by atoms with Gasteiger partial charge >= 0.3 is 0 Å². The minimum absolute atomic E-state index is 0.147. The van der Waals surface area contributed by atoms with Crippen molar-refractivity contribution in [3.05, 3.63) is 68.2 Å². The van der Waals surface area contributed by atoms with Gasteiger partial charge in [-0.2, -0.15) is 5.26 Å². The van der Waals surface area contributed by atoms with Crippen LogP contribution in [0.25, 0.3) is 6.08 Å². The SMILES string of the molecule is COc1cc(/C=C(\C#N)C(N)=O)cc(Cl)c1Cc1ccccc1Br. The summed E-state index contributed by atoms with van der Waals surface area (Å²) in [7, 11) is 1.54. The average molecular weight is 406 g/mol. The zero-order valence-corrected chi connectivity index (χ0v) is 15.2. The highest BCUT2D eigenvalue weighted by molar-refractivity contribution is 9.10. The molecule has 0 radical (unpaired) electrons. The fourth-order valence-corrected chi connectivity index (χ4v) is 2.94. The highest BCUT2D eigenvalue weighted by atomic mass is 79.9. The first-order valence-corrected chi connectivity index (χ1v) is 8.14. The zero-order chi connectivity index (χ0) is 17.7. The van der Waals surface area contributed by atoms with E-state index in [1.165, 1.54) is 6.08 Å². The van der Waals surface area contributed by atoms with Gasteiger partial charge in [-0.25, -0.2) is 0 Å². The summed E-state index contributed by atoms with van der Waals surface area (Å²) in [5.41, 5.74) is 7.46. The van der Waals surface area contributed by atoms with Crippen LogP contribution in [0.4, 0.5) is 0 Å². The lowest BCUT2D eigenvalue weighted by Gasteiger charge is -2.13. The molecule has 24 heavy (non-hydrogen) atoms. The van der Waals surface area contributed by atoms with E-state index in [9.17, 15) is 4.79 Å². The second-order valence-corrected chi connectivity index (χ2v) is 6.25. The molecule has 0 atom stereocenters. The van der Waals surface area contributed by atoms with Gasteiger partial charge in [-0.15, -0.1) is 0 Å². The van der Waals surface area contributed by atoms with Gasteiger partial charge in [0.25, 0.3) is 5.91 Å². The topological polar surface area (TPSA) is 76.1 Å². The van der Waals surface area contributed by atoms with Gasteiger partial charge in [-0.1, -0.05) is 45.7 Å². The number of ether oxygens (including phenoxy) is 1. The summed E-state index contributed by atoms with van der Waals surface area (Å²) in [6, 6.07) is 13.0. The lowest BCUT2D eigenvalue weighted by molar-refractivity contribution is -0.114. The Kier molecular flexibility index (Phi) is 6.02. The number of nitrogens with zero attached hydrogens (tertiary/aromatic N) is 1. The Labute approximate surface area is 153 Å². The zero-order valence-electron chi connectivity index (χ0n) is 12.8. The summed E-state index contributed by atoms with van der Waals surface area (Å²) in [5, 5.41) is 9.43. The lowest BCUT2D eigenvalue weighted by atomic mass is 10.0. The van der Waals surface area contributed by atoms with Crippen molar-refractivity contribution in [3.63, 3.8) is 0 Å². The number of hydrogen-bond acceptors (Lipinski definition) is 3. The Bertz CT molecular complexity index is 857. The molecule has 2 aromatic carbocycles. The molecule has 1 amide bonds. The molecular formula is C18H14BrClN2O2. The van der Waals surface area contributed by atoms with E-state index in [0.717, 1.165) is 15.6 Å². The molecule has 0 aliphatic heterocycles. The standard InChI is InChI=1S/C18H14BrClN2O2/c1-24-17-8-11(6-13(10-21)18(22)23)7-16(20)14(17)9-12-4-2-3-5-15(12)19/h2-8H,9H2,1H3,(H2,22,23)/b13-6+. The average Bonchev–Trinajstić information content (AvgIpc) is 2.56. The molecule has 0 aromatic heterocycles. The number of benzene rings is 2. The molecule has 2 N–H and O–H groups in total. The third-order valence-corrected chi connectivity index (χ3v) is 4.53. The molecule has 0 fully saturated rings. The van der Waals surface area contributed by atoms with E-state index in [-0.39, 0.29) is 5.57 Å². The fraction of sp³-hybridized carbons (Fsp3) is 0.111. The minimum atomic E-state index is -0.787. The number of carbonyl (C=O) groups is 1. The molecule has 2 rings (SSSR count). The maximum absolute atomic E-state index is 11.2. The van der Waals surface area contributed by atoms with Gasteiger partial charge < -0.3 is 10.5 Å². The molecule has 0 saturated carbocycles. The quantitative estimate of drug-likeness (QED) is 0.601. The van der Waals surface area contributed by atoms with E-state index in [1.54, 1.807) is 25.3 Å². The van der Waals surface area contributed by atoms with Gasteiger partial charge in [0.05, 0.1) is 7.11 Å². The van der Waals surface area contributed by atoms with Crippen LogP contribution in [0.2, 0.25) is 5.02 Å². The van der Waals surface area contributed by atoms with Crippen molar-refractivity contribution >= 4 is 39.5 Å². The van der Waals surface area contributed by atoms with Crippen molar-refractivity contribution < 1.29 is 9.53 Å². The van der Waals surface area contributed by atoms with Crippen LogP contribution in [0.15, 0.2) is 46.4 Å². The summed E-state index contributed by atoms with van der Waals surface area (Å²) in [6.07, 6.45) is 1.97. The number of halogens is 2. The predicted octanol–water partition coefficient (Wildman–Crippen LogP) is 4.09. The van der Waals surface area contributed by atoms with Gasteiger partial charge in [0, 0.05) is 21.5 Å². The van der Waals surface area contributed by atoms with Crippen molar-refractivity contribution in [3.8, 4) is 11.8 Å². The third-order valence-electron chi connectivity index (χ3n) is 3.42. The summed E-state index contributed by atoms with van der Waals surface area (Å²) < 4.78 is 6.41. The Morgan fingerprint density at radius 2 is 2.12 bits per heavy atom. The van der Waals surface area contributed by atoms with Crippen LogP contribution in [-0.4, -0.2) is 13.0 Å². The first kappa shape index (κ1) is 18.1. The number of amides is 1. The van der Waals surface area contributed by atoms with Crippen molar-refractivity contribution in [2.45, 2.75) is 6.42 Å². The predicted molar refractivity (Wildman–Crippen MR) is 97.7 cm³/mol. The maximum atomic E-state index is 11.2. The van der Waals surface area contributed by atoms with Crippen LogP contribution in [0.3, 0.4) is 0 Å². The van der Waals surface area contributed by atoms with E-state index in [0.29, 0.717) is 22.8 Å². The monoisotopic (exact) mass is 404 g/mol. The van der Waals surface area contributed by atoms with E-state index in [4.69, 9.17) is 27.3 Å². The smallest absolute Gasteiger partial charge is 0.259 e. The third kappa shape index (κ3) is 4.16. The van der Waals surface area contributed by atoms with Crippen LogP contribution >= 0.6 is 27.5 Å². The van der Waals surface area contributed by atoms with Crippen molar-refractivity contribution in [2.75, 3.05) is 7.11 Å².